The van der Waals surface area contributed by atoms with E-state index in [-0.39, 0.29) is 0 Å². The lowest BCUT2D eigenvalue weighted by molar-refractivity contribution is -0.158. The summed E-state index contributed by atoms with van der Waals surface area (Å²) in [4.78, 5) is 6.98. The number of nitrogens with zero attached hydrogens (tertiary/aromatic N) is 3. The summed E-state index contributed by atoms with van der Waals surface area (Å²) in [7, 11) is 4.20. The zero-order valence-electron chi connectivity index (χ0n) is 20.2. The summed E-state index contributed by atoms with van der Waals surface area (Å²) >= 11 is 0. The number of hydrogen-bond acceptors (Lipinski definition) is 3. The Balaban J connectivity index is 1.71. The van der Waals surface area contributed by atoms with Gasteiger partial charge in [0.25, 0.3) is 0 Å². The van der Waals surface area contributed by atoms with E-state index >= 15 is 0 Å². The van der Waals surface area contributed by atoms with Gasteiger partial charge < -0.3 is 4.90 Å². The van der Waals surface area contributed by atoms with Crippen LogP contribution in [0.3, 0.4) is 0 Å². The van der Waals surface area contributed by atoms with Crippen molar-refractivity contribution in [3.8, 4) is 11.1 Å². The Morgan fingerprint density at radius 3 is 1.58 bits per heavy atom. The molecule has 0 fully saturated rings. The summed E-state index contributed by atoms with van der Waals surface area (Å²) < 4.78 is 0. The lowest BCUT2D eigenvalue weighted by Gasteiger charge is -2.35. The SMILES string of the molecule is CN(C)c1c2ccccc2c(-c2ccc(C3=NC(C)(C)C(C)(C)N3[O])cc2)c2ccccc12. The van der Waals surface area contributed by atoms with Crippen molar-refractivity contribution in [2.75, 3.05) is 19.0 Å². The van der Waals surface area contributed by atoms with Gasteiger partial charge in [0.1, 0.15) is 0 Å². The average Bonchev–Trinajstić information content (AvgIpc) is 2.96. The summed E-state index contributed by atoms with van der Waals surface area (Å²) in [5, 5.41) is 19.0. The van der Waals surface area contributed by atoms with Gasteiger partial charge in [-0.2, -0.15) is 5.06 Å². The van der Waals surface area contributed by atoms with Crippen LogP contribution in [-0.4, -0.2) is 36.1 Å². The fourth-order valence-electron chi connectivity index (χ4n) is 4.83. The highest BCUT2D eigenvalue weighted by atomic mass is 16.5. The van der Waals surface area contributed by atoms with Crippen molar-refractivity contribution in [3.05, 3.63) is 78.4 Å². The minimum Gasteiger partial charge on any atom is -0.377 e. The molecule has 0 unspecified atom stereocenters. The van der Waals surface area contributed by atoms with Crippen LogP contribution in [0, 0.1) is 0 Å². The fourth-order valence-corrected chi connectivity index (χ4v) is 4.83. The maximum atomic E-state index is 13.0. The van der Waals surface area contributed by atoms with Crippen LogP contribution in [0.2, 0.25) is 0 Å². The van der Waals surface area contributed by atoms with Crippen molar-refractivity contribution in [1.29, 1.82) is 0 Å². The fraction of sp³-hybridized carbons (Fsp3) is 0.276. The molecule has 0 saturated heterocycles. The molecule has 1 radical (unpaired) electrons. The van der Waals surface area contributed by atoms with Crippen molar-refractivity contribution in [3.63, 3.8) is 0 Å². The van der Waals surface area contributed by atoms with Gasteiger partial charge in [-0.15, -0.1) is 0 Å². The Kier molecular flexibility index (Phi) is 4.77. The smallest absolute Gasteiger partial charge is 0.159 e. The highest BCUT2D eigenvalue weighted by Gasteiger charge is 2.50. The van der Waals surface area contributed by atoms with Crippen LogP contribution in [0.4, 0.5) is 5.69 Å². The molecule has 1 aliphatic rings. The highest BCUT2D eigenvalue weighted by Crippen LogP contribution is 2.43. The third kappa shape index (κ3) is 3.12. The summed E-state index contributed by atoms with van der Waals surface area (Å²) in [6.45, 7) is 7.94. The van der Waals surface area contributed by atoms with Crippen LogP contribution < -0.4 is 4.90 Å². The van der Waals surface area contributed by atoms with Gasteiger partial charge in [0, 0.05) is 30.4 Å². The number of aliphatic imine (C=N–C) groups is 1. The lowest BCUT2D eigenvalue weighted by atomic mass is 9.84. The van der Waals surface area contributed by atoms with E-state index in [0.29, 0.717) is 5.84 Å². The number of anilines is 1. The third-order valence-electron chi connectivity index (χ3n) is 7.36. The largest absolute Gasteiger partial charge is 0.377 e. The van der Waals surface area contributed by atoms with Crippen molar-refractivity contribution in [2.24, 2.45) is 4.99 Å². The van der Waals surface area contributed by atoms with Crippen LogP contribution in [0.25, 0.3) is 32.7 Å². The van der Waals surface area contributed by atoms with Crippen LogP contribution in [0.1, 0.15) is 33.3 Å². The molecule has 0 saturated carbocycles. The summed E-state index contributed by atoms with van der Waals surface area (Å²) in [5.74, 6) is 0.509. The molecule has 0 atom stereocenters. The summed E-state index contributed by atoms with van der Waals surface area (Å²) in [6, 6.07) is 25.5. The zero-order valence-corrected chi connectivity index (χ0v) is 20.2. The lowest BCUT2D eigenvalue weighted by Crippen LogP contribution is -2.50. The Morgan fingerprint density at radius 1 is 0.697 bits per heavy atom. The monoisotopic (exact) mass is 436 g/mol. The van der Waals surface area contributed by atoms with Gasteiger partial charge in [0.15, 0.2) is 5.84 Å². The number of fused-ring (bicyclic) bond motifs is 2. The molecule has 1 heterocycles. The number of amidine groups is 1. The highest BCUT2D eigenvalue weighted by molar-refractivity contribution is 6.20. The van der Waals surface area contributed by atoms with E-state index in [1.165, 1.54) is 32.8 Å². The van der Waals surface area contributed by atoms with E-state index < -0.39 is 11.1 Å². The van der Waals surface area contributed by atoms with E-state index in [2.05, 4.69) is 79.7 Å². The molecule has 0 amide bonds. The van der Waals surface area contributed by atoms with Gasteiger partial charge in [0.2, 0.25) is 0 Å². The number of benzene rings is 4. The molecule has 0 bridgehead atoms. The minimum atomic E-state index is -0.588. The normalized spacial score (nSPS) is 16.9. The van der Waals surface area contributed by atoms with E-state index in [1.807, 2.05) is 39.8 Å². The molecule has 33 heavy (non-hydrogen) atoms. The van der Waals surface area contributed by atoms with Gasteiger partial charge in [-0.3, -0.25) is 4.99 Å². The molecular weight excluding hydrogens is 406 g/mol. The Morgan fingerprint density at radius 2 is 1.15 bits per heavy atom. The van der Waals surface area contributed by atoms with Crippen LogP contribution in [0.15, 0.2) is 77.8 Å². The molecule has 4 aromatic rings. The molecule has 0 aliphatic carbocycles. The first kappa shape index (κ1) is 21.5. The van der Waals surface area contributed by atoms with E-state index in [9.17, 15) is 5.21 Å². The molecule has 1 aliphatic heterocycles. The van der Waals surface area contributed by atoms with Crippen LogP contribution >= 0.6 is 0 Å². The molecule has 0 N–H and O–H groups in total. The molecule has 0 spiro atoms. The van der Waals surface area contributed by atoms with E-state index in [0.717, 1.165) is 16.2 Å². The van der Waals surface area contributed by atoms with Crippen LogP contribution in [-0.2, 0) is 5.21 Å². The number of hydroxylamine groups is 2. The maximum Gasteiger partial charge on any atom is 0.159 e. The van der Waals surface area contributed by atoms with Gasteiger partial charge in [-0.05, 0) is 49.6 Å². The molecule has 0 aromatic heterocycles. The van der Waals surface area contributed by atoms with Crippen molar-refractivity contribution < 1.29 is 5.21 Å². The Labute approximate surface area is 195 Å². The van der Waals surface area contributed by atoms with E-state index in [4.69, 9.17) is 4.99 Å². The predicted octanol–water partition coefficient (Wildman–Crippen LogP) is 6.69. The first-order valence-corrected chi connectivity index (χ1v) is 11.4. The molecule has 4 heteroatoms. The molecule has 4 aromatic carbocycles. The molecule has 167 valence electrons. The topological polar surface area (TPSA) is 38.7 Å². The van der Waals surface area contributed by atoms with Gasteiger partial charge in [0.05, 0.1) is 16.8 Å². The van der Waals surface area contributed by atoms with Gasteiger partial charge in [-0.1, -0.05) is 78.0 Å². The van der Waals surface area contributed by atoms with Gasteiger partial charge in [-0.25, -0.2) is 0 Å². The predicted molar refractivity (Wildman–Crippen MR) is 138 cm³/mol. The number of hydrogen-bond donors (Lipinski definition) is 0. The first-order valence-electron chi connectivity index (χ1n) is 11.4. The standard InChI is InChI=1S/C29H30N3O/c1-28(2)29(3,4)32(33)27(30-28)20-17-15-19(16-18-20)25-21-11-7-9-13-23(21)26(31(5)6)24-14-10-8-12-22(24)25/h7-18H,1-6H3. The summed E-state index contributed by atoms with van der Waals surface area (Å²) in [6.07, 6.45) is 0. The van der Waals surface area contributed by atoms with Crippen molar-refractivity contribution in [2.45, 2.75) is 38.8 Å². The van der Waals surface area contributed by atoms with E-state index in [1.54, 1.807) is 0 Å². The maximum absolute atomic E-state index is 13.0. The van der Waals surface area contributed by atoms with Crippen molar-refractivity contribution >= 4 is 33.1 Å². The molecule has 5 rings (SSSR count). The molecular formula is C29H30N3O. The van der Waals surface area contributed by atoms with Crippen LogP contribution in [0.5, 0.6) is 0 Å². The quantitative estimate of drug-likeness (QED) is 0.336. The summed E-state index contributed by atoms with van der Waals surface area (Å²) in [5.41, 5.74) is 3.39. The van der Waals surface area contributed by atoms with Crippen molar-refractivity contribution in [1.82, 2.24) is 5.06 Å². The third-order valence-corrected chi connectivity index (χ3v) is 7.36. The zero-order chi connectivity index (χ0) is 23.5. The second kappa shape index (κ2) is 7.32. The molecule has 4 nitrogen and oxygen atoms in total. The minimum absolute atomic E-state index is 0.447. The first-order chi connectivity index (χ1) is 15.6. The second-order valence-electron chi connectivity index (χ2n) is 10.1. The average molecular weight is 437 g/mol. The Hall–Kier alpha value is -3.37. The van der Waals surface area contributed by atoms with Gasteiger partial charge >= 0.3 is 0 Å². The number of rotatable bonds is 3. The Bertz CT molecular complexity index is 1340. The second-order valence-corrected chi connectivity index (χ2v) is 10.1.